The Morgan fingerprint density at radius 3 is 0.822 bits per heavy atom. The fraction of sp³-hybridized carbons (Fsp3) is 0.719. The lowest BCUT2D eigenvalue weighted by molar-refractivity contribution is -0.161. The number of carbonyl (C=O) groups excluding carboxylic acids is 3. The van der Waals surface area contributed by atoms with Gasteiger partial charge in [0.25, 0.3) is 0 Å². The number of hydrogen-bond acceptors (Lipinski definition) is 14. The molecule has 5 unspecified atom stereocenters. The summed E-state index contributed by atoms with van der Waals surface area (Å²) in [7, 11) is -9.79. The molecular formula is C89H154O16P2. The highest BCUT2D eigenvalue weighted by Crippen LogP contribution is 2.45. The van der Waals surface area contributed by atoms with Gasteiger partial charge in [0.2, 0.25) is 0 Å². The van der Waals surface area contributed by atoms with Crippen LogP contribution in [0.5, 0.6) is 0 Å². The Kier molecular flexibility index (Phi) is 77.9. The molecule has 0 saturated carbocycles. The average molecular weight is 1540 g/mol. The molecule has 107 heavy (non-hydrogen) atoms. The molecule has 18 heteroatoms. The van der Waals surface area contributed by atoms with Gasteiger partial charge in [-0.1, -0.05) is 334 Å². The summed E-state index contributed by atoms with van der Waals surface area (Å²) in [4.78, 5) is 58.6. The van der Waals surface area contributed by atoms with Gasteiger partial charge in [0, 0.05) is 19.3 Å². The number of unbranched alkanes of at least 4 members (excludes halogenated alkanes) is 35. The van der Waals surface area contributed by atoms with Crippen LogP contribution in [0.15, 0.2) is 134 Å². The largest absolute Gasteiger partial charge is 0.472 e. The number of esters is 3. The third-order valence-electron chi connectivity index (χ3n) is 17.8. The van der Waals surface area contributed by atoms with Crippen LogP contribution in [-0.4, -0.2) is 95.9 Å². The molecule has 0 aliphatic heterocycles. The summed E-state index contributed by atoms with van der Waals surface area (Å²) < 4.78 is 61.1. The lowest BCUT2D eigenvalue weighted by atomic mass is 10.0. The van der Waals surface area contributed by atoms with Crippen molar-refractivity contribution in [2.24, 2.45) is 0 Å². The normalized spacial score (nSPS) is 14.6. The number of hydrogen-bond donors (Lipinski definition) is 4. The molecule has 0 aromatic rings. The Hall–Kier alpha value is -4.31. The van der Waals surface area contributed by atoms with Gasteiger partial charge in [-0.05, 0) is 135 Å². The molecule has 0 rings (SSSR count). The zero-order valence-corrected chi connectivity index (χ0v) is 69.3. The number of ether oxygens (including phenoxy) is 3. The zero-order valence-electron chi connectivity index (χ0n) is 67.5. The van der Waals surface area contributed by atoms with Crippen molar-refractivity contribution >= 4 is 33.6 Å². The second-order valence-corrected chi connectivity index (χ2v) is 31.2. The molecule has 0 spiro atoms. The van der Waals surface area contributed by atoms with Gasteiger partial charge in [0.05, 0.1) is 26.4 Å². The van der Waals surface area contributed by atoms with Gasteiger partial charge in [-0.2, -0.15) is 0 Å². The third-order valence-corrected chi connectivity index (χ3v) is 19.7. The molecule has 616 valence electrons. The van der Waals surface area contributed by atoms with Gasteiger partial charge in [-0.3, -0.25) is 32.5 Å². The van der Waals surface area contributed by atoms with E-state index >= 15 is 0 Å². The van der Waals surface area contributed by atoms with E-state index in [2.05, 4.69) is 154 Å². The predicted molar refractivity (Wildman–Crippen MR) is 445 cm³/mol. The Morgan fingerprint density at radius 2 is 0.505 bits per heavy atom. The lowest BCUT2D eigenvalue weighted by Gasteiger charge is -2.21. The summed E-state index contributed by atoms with van der Waals surface area (Å²) in [5.74, 6) is -1.59. The molecule has 0 aliphatic carbocycles. The summed E-state index contributed by atoms with van der Waals surface area (Å²) in [6, 6.07) is 0. The number of carbonyl (C=O) groups is 3. The number of aliphatic hydroxyl groups is 2. The molecule has 5 atom stereocenters. The Balaban J connectivity index is 4.38. The van der Waals surface area contributed by atoms with E-state index < -0.39 is 91.5 Å². The highest BCUT2D eigenvalue weighted by molar-refractivity contribution is 7.47. The quantitative estimate of drug-likeness (QED) is 0.0146. The maximum Gasteiger partial charge on any atom is 0.472 e. The minimum atomic E-state index is -4.93. The van der Waals surface area contributed by atoms with Crippen molar-refractivity contribution in [2.75, 3.05) is 39.6 Å². The van der Waals surface area contributed by atoms with Gasteiger partial charge in [-0.25, -0.2) is 9.13 Å². The minimum absolute atomic E-state index is 0.0901. The first-order valence-electron chi connectivity index (χ1n) is 42.5. The average Bonchev–Trinajstić information content (AvgIpc) is 0.905. The maximum atomic E-state index is 12.9. The van der Waals surface area contributed by atoms with Crippen LogP contribution in [0, 0.1) is 0 Å². The second-order valence-electron chi connectivity index (χ2n) is 28.2. The van der Waals surface area contributed by atoms with Crippen LogP contribution in [0.3, 0.4) is 0 Å². The predicted octanol–water partition coefficient (Wildman–Crippen LogP) is 25.4. The molecule has 0 aromatic carbocycles. The van der Waals surface area contributed by atoms with Crippen molar-refractivity contribution in [1.29, 1.82) is 0 Å². The van der Waals surface area contributed by atoms with Crippen molar-refractivity contribution in [1.82, 2.24) is 0 Å². The first kappa shape index (κ1) is 103. The lowest BCUT2D eigenvalue weighted by Crippen LogP contribution is -2.30. The van der Waals surface area contributed by atoms with Crippen LogP contribution in [-0.2, 0) is 55.8 Å². The van der Waals surface area contributed by atoms with Crippen LogP contribution in [0.25, 0.3) is 0 Å². The molecule has 0 aliphatic rings. The molecule has 0 amide bonds. The summed E-state index contributed by atoms with van der Waals surface area (Å²) in [5.41, 5.74) is 0. The van der Waals surface area contributed by atoms with Gasteiger partial charge < -0.3 is 34.2 Å². The summed E-state index contributed by atoms with van der Waals surface area (Å²) in [6.07, 6.45) is 99.6. The second kappa shape index (κ2) is 81.2. The topological polar surface area (TPSA) is 231 Å². The number of phosphoric ester groups is 2. The standard InChI is InChI=1S/C89H154O16P2/c1-4-7-10-13-16-19-22-24-26-28-30-32-34-36-38-39-40-41-42-43-45-47-48-50-52-54-56-58-61-63-66-69-72-75-87(92)99-78-84(90)79-101-106(95,96)102-80-85(91)81-103-107(97,98)104-83-86(105-89(94)77-74-71-68-65-60-21-18-15-12-9-6-3)82-100-88(93)76-73-70-67-64-62-59-57-55-53-51-49-46-44-37-35-33-31-29-27-25-23-20-17-14-11-8-5-2/h8,11,15-20,24-27,30-33,36-38,44,49,51,84-86,90-91H,4-7,9-10,12-14,21-23,28-29,34-35,39-43,45-48,50,52-83H2,1-3H3,(H,95,96)(H,97,98)/b11-8-,18-15-,19-16-,20-17-,26-24-,27-25-,32-30-,33-31-,38-36-,44-37-,51-49-. The van der Waals surface area contributed by atoms with E-state index in [1.165, 1.54) is 141 Å². The smallest absolute Gasteiger partial charge is 0.463 e. The fourth-order valence-corrected chi connectivity index (χ4v) is 12.9. The van der Waals surface area contributed by atoms with E-state index in [9.17, 15) is 43.5 Å². The number of allylic oxidation sites excluding steroid dienone is 22. The summed E-state index contributed by atoms with van der Waals surface area (Å²) >= 11 is 0. The minimum Gasteiger partial charge on any atom is -0.463 e. The fourth-order valence-electron chi connectivity index (χ4n) is 11.4. The molecule has 0 aromatic heterocycles. The summed E-state index contributed by atoms with van der Waals surface area (Å²) in [5, 5.41) is 20.7. The van der Waals surface area contributed by atoms with E-state index in [0.29, 0.717) is 19.3 Å². The van der Waals surface area contributed by atoms with Gasteiger partial charge in [0.15, 0.2) is 6.10 Å². The first-order chi connectivity index (χ1) is 52.2. The van der Waals surface area contributed by atoms with Crippen LogP contribution in [0.1, 0.15) is 355 Å². The van der Waals surface area contributed by atoms with Crippen molar-refractivity contribution in [3.63, 3.8) is 0 Å². The van der Waals surface area contributed by atoms with Crippen molar-refractivity contribution in [2.45, 2.75) is 373 Å². The molecule has 0 radical (unpaired) electrons. The van der Waals surface area contributed by atoms with Gasteiger partial charge >= 0.3 is 33.6 Å². The van der Waals surface area contributed by atoms with E-state index in [1.54, 1.807) is 0 Å². The van der Waals surface area contributed by atoms with E-state index in [-0.39, 0.29) is 19.3 Å². The molecule has 4 N–H and O–H groups in total. The monoisotopic (exact) mass is 1540 g/mol. The summed E-state index contributed by atoms with van der Waals surface area (Å²) in [6.45, 7) is 2.50. The van der Waals surface area contributed by atoms with Crippen LogP contribution < -0.4 is 0 Å². The molecule has 0 heterocycles. The van der Waals surface area contributed by atoms with Crippen LogP contribution in [0.4, 0.5) is 0 Å². The molecule has 0 saturated heterocycles. The number of phosphoric acid groups is 2. The van der Waals surface area contributed by atoms with E-state index in [4.69, 9.17) is 32.3 Å². The van der Waals surface area contributed by atoms with Gasteiger partial charge in [0.1, 0.15) is 25.4 Å². The number of rotatable bonds is 80. The SMILES string of the molecule is CC/C=C\C/C=C\C/C=C\C/C=C\C/C=C\C/C=C\CCCCCCCCCCC(=O)OCC(COP(=O)(O)OCC(O)COP(=O)(O)OCC(O)COC(=O)CCCCCCCCCCCCCCCCCCC/C=C\C/C=C\C/C=C\C/C=C\CCCCC)OC(=O)CCCCCCC/C=C\CCCC. The van der Waals surface area contributed by atoms with E-state index in [0.717, 1.165) is 154 Å². The van der Waals surface area contributed by atoms with Gasteiger partial charge in [-0.15, -0.1) is 0 Å². The molecular weight excluding hydrogens is 1390 g/mol. The Labute approximate surface area is 652 Å². The van der Waals surface area contributed by atoms with Crippen molar-refractivity contribution in [3.8, 4) is 0 Å². The van der Waals surface area contributed by atoms with Crippen molar-refractivity contribution < 1.29 is 75.8 Å². The van der Waals surface area contributed by atoms with E-state index in [1.807, 2.05) is 0 Å². The molecule has 0 fully saturated rings. The third kappa shape index (κ3) is 82.5. The highest BCUT2D eigenvalue weighted by atomic mass is 31.2. The molecule has 16 nitrogen and oxygen atoms in total. The Morgan fingerprint density at radius 1 is 0.271 bits per heavy atom. The highest BCUT2D eigenvalue weighted by Gasteiger charge is 2.29. The first-order valence-corrected chi connectivity index (χ1v) is 45.5. The maximum absolute atomic E-state index is 12.9. The molecule has 0 bridgehead atoms. The zero-order chi connectivity index (χ0) is 78.0. The van der Waals surface area contributed by atoms with Crippen LogP contribution >= 0.6 is 15.6 Å². The van der Waals surface area contributed by atoms with Crippen LogP contribution in [0.2, 0.25) is 0 Å². The number of aliphatic hydroxyl groups excluding tert-OH is 2. The van der Waals surface area contributed by atoms with Crippen molar-refractivity contribution in [3.05, 3.63) is 134 Å². The Bertz CT molecular complexity index is 2480.